The van der Waals surface area contributed by atoms with Crippen molar-refractivity contribution in [2.45, 2.75) is 28.0 Å². The molecule has 0 radical (unpaired) electrons. The van der Waals surface area contributed by atoms with E-state index < -0.39 is 0 Å². The van der Waals surface area contributed by atoms with E-state index in [-0.39, 0.29) is 5.91 Å². The first kappa shape index (κ1) is 16.6. The van der Waals surface area contributed by atoms with Gasteiger partial charge in [-0.2, -0.15) is 5.26 Å². The Balaban J connectivity index is 1.38. The summed E-state index contributed by atoms with van der Waals surface area (Å²) in [6.07, 6.45) is 2.41. The highest BCUT2D eigenvalue weighted by molar-refractivity contribution is 8.01. The molecule has 2 bridgehead atoms. The monoisotopic (exact) mass is 369 g/mol. The first-order valence-corrected chi connectivity index (χ1v) is 10.2. The van der Waals surface area contributed by atoms with Crippen molar-refractivity contribution in [3.8, 4) is 6.07 Å². The quantitative estimate of drug-likeness (QED) is 0.895. The van der Waals surface area contributed by atoms with Crippen molar-refractivity contribution in [3.05, 3.63) is 46.8 Å². The first-order valence-electron chi connectivity index (χ1n) is 8.52. The molecule has 1 amide bonds. The second kappa shape index (κ2) is 7.20. The summed E-state index contributed by atoms with van der Waals surface area (Å²) in [5.74, 6) is 0.692. The zero-order valence-corrected chi connectivity index (χ0v) is 15.4. The third kappa shape index (κ3) is 3.74. The Morgan fingerprint density at radius 3 is 2.60 bits per heavy atom. The zero-order valence-electron chi connectivity index (χ0n) is 13.8. The van der Waals surface area contributed by atoms with Gasteiger partial charge in [0, 0.05) is 17.5 Å². The molecule has 0 aliphatic carbocycles. The summed E-state index contributed by atoms with van der Waals surface area (Å²) in [7, 11) is 0. The van der Waals surface area contributed by atoms with Crippen LogP contribution >= 0.6 is 23.1 Å². The van der Waals surface area contributed by atoms with E-state index in [9.17, 15) is 4.79 Å². The van der Waals surface area contributed by atoms with Crippen LogP contribution in [0.5, 0.6) is 0 Å². The largest absolute Gasteiger partial charge is 0.347 e. The lowest BCUT2D eigenvalue weighted by Crippen LogP contribution is -2.57. The molecule has 3 saturated heterocycles. The van der Waals surface area contributed by atoms with Crippen LogP contribution in [0.3, 0.4) is 0 Å². The molecule has 3 aliphatic heterocycles. The summed E-state index contributed by atoms with van der Waals surface area (Å²) in [5, 5.41) is 12.1. The molecule has 5 rings (SSSR count). The van der Waals surface area contributed by atoms with Gasteiger partial charge in [0.15, 0.2) is 0 Å². The minimum Gasteiger partial charge on any atom is -0.347 e. The van der Waals surface area contributed by atoms with E-state index in [0.29, 0.717) is 17.5 Å². The minimum absolute atomic E-state index is 0.0513. The molecule has 25 heavy (non-hydrogen) atoms. The Kier molecular flexibility index (Phi) is 4.80. The van der Waals surface area contributed by atoms with Gasteiger partial charge < -0.3 is 10.2 Å². The predicted octanol–water partition coefficient (Wildman–Crippen LogP) is 3.59. The van der Waals surface area contributed by atoms with Crippen LogP contribution in [-0.4, -0.2) is 36.5 Å². The second-order valence-corrected chi connectivity index (χ2v) is 9.03. The van der Waals surface area contributed by atoms with E-state index >= 15 is 0 Å². The van der Waals surface area contributed by atoms with E-state index in [0.717, 1.165) is 20.5 Å². The van der Waals surface area contributed by atoms with Gasteiger partial charge in [0.25, 0.3) is 5.91 Å². The third-order valence-electron chi connectivity index (χ3n) is 4.98. The number of nitrogens with zero attached hydrogens (tertiary/aromatic N) is 2. The fraction of sp³-hybridized carbons (Fsp3) is 0.368. The Labute approximate surface area is 155 Å². The Bertz CT molecular complexity index is 801. The highest BCUT2D eigenvalue weighted by Crippen LogP contribution is 2.34. The maximum atomic E-state index is 12.6. The topological polar surface area (TPSA) is 56.1 Å². The molecular weight excluding hydrogens is 350 g/mol. The van der Waals surface area contributed by atoms with Crippen LogP contribution in [0.2, 0.25) is 0 Å². The van der Waals surface area contributed by atoms with E-state index in [4.69, 9.17) is 5.26 Å². The van der Waals surface area contributed by atoms with Crippen LogP contribution in [-0.2, 0) is 0 Å². The van der Waals surface area contributed by atoms with E-state index in [1.54, 1.807) is 11.8 Å². The maximum Gasteiger partial charge on any atom is 0.261 e. The molecule has 1 unspecified atom stereocenters. The van der Waals surface area contributed by atoms with Crippen molar-refractivity contribution in [1.29, 1.82) is 5.26 Å². The normalized spacial score (nSPS) is 24.7. The van der Waals surface area contributed by atoms with Gasteiger partial charge in [-0.15, -0.1) is 11.3 Å². The molecule has 1 aromatic heterocycles. The number of benzene rings is 1. The maximum absolute atomic E-state index is 12.6. The number of nitriles is 1. The van der Waals surface area contributed by atoms with Crippen LogP contribution in [0.15, 0.2) is 45.5 Å². The van der Waals surface area contributed by atoms with Gasteiger partial charge in [-0.25, -0.2) is 0 Å². The average molecular weight is 370 g/mol. The summed E-state index contributed by atoms with van der Waals surface area (Å²) in [6, 6.07) is 13.8. The van der Waals surface area contributed by atoms with Gasteiger partial charge in [0.05, 0.1) is 20.7 Å². The molecule has 6 heteroatoms. The lowest BCUT2D eigenvalue weighted by atomic mass is 9.84. The second-order valence-electron chi connectivity index (χ2n) is 6.57. The van der Waals surface area contributed by atoms with Gasteiger partial charge in [0.1, 0.15) is 0 Å². The Morgan fingerprint density at radius 1 is 1.20 bits per heavy atom. The summed E-state index contributed by atoms with van der Waals surface area (Å²) in [6.45, 7) is 3.36. The Hall–Kier alpha value is -1.81. The fourth-order valence-electron chi connectivity index (χ4n) is 3.58. The molecule has 0 spiro atoms. The van der Waals surface area contributed by atoms with Crippen molar-refractivity contribution >= 4 is 29.0 Å². The van der Waals surface area contributed by atoms with Crippen molar-refractivity contribution < 1.29 is 4.79 Å². The first-order chi connectivity index (χ1) is 12.2. The number of nitrogens with one attached hydrogen (secondary N) is 1. The average Bonchev–Trinajstić information content (AvgIpc) is 3.12. The van der Waals surface area contributed by atoms with Crippen LogP contribution in [0.25, 0.3) is 0 Å². The fourth-order valence-corrected chi connectivity index (χ4v) is 5.58. The van der Waals surface area contributed by atoms with Gasteiger partial charge in [-0.3, -0.25) is 4.79 Å². The molecule has 2 aromatic rings. The van der Waals surface area contributed by atoms with Crippen LogP contribution in [0.4, 0.5) is 0 Å². The molecule has 3 fully saturated rings. The van der Waals surface area contributed by atoms with Crippen LogP contribution in [0, 0.1) is 17.2 Å². The van der Waals surface area contributed by atoms with Crippen LogP contribution in [0.1, 0.15) is 28.1 Å². The number of carbonyl (C=O) groups is 1. The number of thiophene rings is 1. The lowest BCUT2D eigenvalue weighted by Gasteiger charge is -2.44. The number of piperidine rings is 3. The van der Waals surface area contributed by atoms with Crippen molar-refractivity contribution in [2.75, 3.05) is 19.6 Å². The van der Waals surface area contributed by atoms with Crippen molar-refractivity contribution in [2.24, 2.45) is 5.92 Å². The highest BCUT2D eigenvalue weighted by Gasteiger charge is 2.35. The smallest absolute Gasteiger partial charge is 0.261 e. The lowest BCUT2D eigenvalue weighted by molar-refractivity contribution is 0.0622. The van der Waals surface area contributed by atoms with E-state index in [1.807, 2.05) is 36.4 Å². The molecule has 1 atom stereocenters. The molecule has 4 nitrogen and oxygen atoms in total. The van der Waals surface area contributed by atoms with Crippen LogP contribution < -0.4 is 5.32 Å². The number of hydrogen-bond donors (Lipinski definition) is 1. The molecule has 1 N–H and O–H groups in total. The Morgan fingerprint density at radius 2 is 1.96 bits per heavy atom. The highest BCUT2D eigenvalue weighted by atomic mass is 32.2. The van der Waals surface area contributed by atoms with Crippen molar-refractivity contribution in [3.63, 3.8) is 0 Å². The van der Waals surface area contributed by atoms with Crippen molar-refractivity contribution in [1.82, 2.24) is 10.2 Å². The molecule has 3 aliphatic rings. The number of carbonyl (C=O) groups excluding carboxylic acids is 1. The summed E-state index contributed by atoms with van der Waals surface area (Å²) < 4.78 is 1.09. The standard InChI is InChI=1S/C19H19N3OS2/c20-11-13-1-3-15(4-2-13)24-18-6-5-17(25-18)19(23)21-16-12-22-9-7-14(16)8-10-22/h1-6,14,16H,7-10,12H2,(H,21,23). The van der Waals surface area contributed by atoms with E-state index in [1.165, 1.54) is 37.3 Å². The molecular formula is C19H19N3OS2. The number of fused-ring (bicyclic) bond motifs is 3. The summed E-state index contributed by atoms with van der Waals surface area (Å²) in [5.41, 5.74) is 0.660. The SMILES string of the molecule is N#Cc1ccc(Sc2ccc(C(=O)NC3CN4CCC3CC4)s2)cc1. The number of amides is 1. The third-order valence-corrected chi connectivity index (χ3v) is 7.20. The number of rotatable bonds is 4. The number of hydrogen-bond acceptors (Lipinski definition) is 5. The van der Waals surface area contributed by atoms with Gasteiger partial charge in [0.2, 0.25) is 0 Å². The predicted molar refractivity (Wildman–Crippen MR) is 100 cm³/mol. The summed E-state index contributed by atoms with van der Waals surface area (Å²) in [4.78, 5) is 16.9. The van der Waals surface area contributed by atoms with E-state index in [2.05, 4.69) is 16.3 Å². The summed E-state index contributed by atoms with van der Waals surface area (Å²) >= 11 is 3.15. The molecule has 128 valence electrons. The molecule has 1 aromatic carbocycles. The van der Waals surface area contributed by atoms with Gasteiger partial charge in [-0.1, -0.05) is 11.8 Å². The van der Waals surface area contributed by atoms with Gasteiger partial charge >= 0.3 is 0 Å². The zero-order chi connectivity index (χ0) is 17.2. The molecule has 0 saturated carbocycles. The minimum atomic E-state index is 0.0513. The molecule has 4 heterocycles. The van der Waals surface area contributed by atoms with Gasteiger partial charge in [-0.05, 0) is 68.2 Å².